The van der Waals surface area contributed by atoms with Crippen molar-refractivity contribution < 1.29 is 12.8 Å². The van der Waals surface area contributed by atoms with Gasteiger partial charge in [0, 0.05) is 23.5 Å². The summed E-state index contributed by atoms with van der Waals surface area (Å²) in [7, 11) is -3.74. The zero-order valence-electron chi connectivity index (χ0n) is 15.4. The van der Waals surface area contributed by atoms with E-state index in [9.17, 15) is 8.42 Å². The van der Waals surface area contributed by atoms with Crippen LogP contribution in [0.25, 0.3) is 10.6 Å². The minimum Gasteiger partial charge on any atom is -0.470 e. The van der Waals surface area contributed by atoms with Gasteiger partial charge in [-0.2, -0.15) is 0 Å². The highest BCUT2D eigenvalue weighted by Crippen LogP contribution is 2.31. The number of fused-ring (bicyclic) bond motifs is 1. The highest BCUT2D eigenvalue weighted by atomic mass is 32.2. The molecule has 1 aliphatic heterocycles. The Kier molecular flexibility index (Phi) is 4.57. The van der Waals surface area contributed by atoms with Gasteiger partial charge in [0.2, 0.25) is 5.13 Å². The van der Waals surface area contributed by atoms with Gasteiger partial charge in [-0.25, -0.2) is 8.42 Å². The Morgan fingerprint density at radius 1 is 1.03 bits per heavy atom. The topological polar surface area (TPSA) is 109 Å². The van der Waals surface area contributed by atoms with E-state index in [2.05, 4.69) is 25.2 Å². The maximum atomic E-state index is 12.6. The van der Waals surface area contributed by atoms with Crippen LogP contribution in [0.15, 0.2) is 75.4 Å². The van der Waals surface area contributed by atoms with Gasteiger partial charge in [-0.3, -0.25) is 9.71 Å². The number of sulfonamides is 1. The normalized spacial score (nSPS) is 12.7. The number of hydrogen-bond donors (Lipinski definition) is 2. The summed E-state index contributed by atoms with van der Waals surface area (Å²) in [6, 6.07) is 14.1. The minimum atomic E-state index is -3.74. The summed E-state index contributed by atoms with van der Waals surface area (Å²) >= 11 is 1.34. The van der Waals surface area contributed by atoms with E-state index in [0.29, 0.717) is 27.9 Å². The number of hydrogen-bond acceptors (Lipinski definition) is 8. The summed E-state index contributed by atoms with van der Waals surface area (Å²) in [6.45, 7) is 0.716. The first-order valence-corrected chi connectivity index (χ1v) is 11.3. The monoisotopic (exact) mass is 437 g/mol. The average molecular weight is 438 g/mol. The summed E-state index contributed by atoms with van der Waals surface area (Å²) in [5.41, 5.74) is 4.21. The second kappa shape index (κ2) is 7.39. The fourth-order valence-corrected chi connectivity index (χ4v) is 4.87. The zero-order chi connectivity index (χ0) is 20.6. The smallest absolute Gasteiger partial charge is 0.262 e. The third-order valence-corrected chi connectivity index (χ3v) is 6.75. The van der Waals surface area contributed by atoms with E-state index in [1.807, 2.05) is 24.4 Å². The van der Waals surface area contributed by atoms with Crippen LogP contribution in [-0.2, 0) is 16.6 Å². The molecule has 0 fully saturated rings. The first-order chi connectivity index (χ1) is 14.6. The van der Waals surface area contributed by atoms with E-state index in [-0.39, 0.29) is 4.90 Å². The Morgan fingerprint density at radius 3 is 2.83 bits per heavy atom. The molecular formula is C20H15N5O3S2. The average Bonchev–Trinajstić information content (AvgIpc) is 3.49. The van der Waals surface area contributed by atoms with Crippen LogP contribution >= 0.6 is 11.3 Å². The lowest BCUT2D eigenvalue weighted by Gasteiger charge is -2.06. The Balaban J connectivity index is 1.37. The van der Waals surface area contributed by atoms with E-state index in [4.69, 9.17) is 4.42 Å². The fraction of sp³-hybridized carbons (Fsp3) is 0.0500. The van der Waals surface area contributed by atoms with Gasteiger partial charge in [0.15, 0.2) is 0 Å². The van der Waals surface area contributed by atoms with Crippen molar-refractivity contribution in [2.75, 3.05) is 10.0 Å². The molecule has 2 N–H and O–H groups in total. The van der Waals surface area contributed by atoms with Gasteiger partial charge in [-0.05, 0) is 35.4 Å². The fourth-order valence-electron chi connectivity index (χ4n) is 3.03. The van der Waals surface area contributed by atoms with Crippen molar-refractivity contribution in [3.8, 4) is 10.6 Å². The van der Waals surface area contributed by atoms with Crippen LogP contribution in [-0.4, -0.2) is 24.8 Å². The molecule has 0 spiro atoms. The van der Waals surface area contributed by atoms with Gasteiger partial charge in [0.1, 0.15) is 11.3 Å². The molecular weight excluding hydrogens is 422 g/mol. The van der Waals surface area contributed by atoms with Crippen molar-refractivity contribution in [1.29, 1.82) is 0 Å². The molecule has 8 nitrogen and oxygen atoms in total. The van der Waals surface area contributed by atoms with Crippen LogP contribution < -0.4 is 10.0 Å². The van der Waals surface area contributed by atoms with Gasteiger partial charge in [-0.1, -0.05) is 29.5 Å². The predicted molar refractivity (Wildman–Crippen MR) is 116 cm³/mol. The van der Waals surface area contributed by atoms with Gasteiger partial charge in [-0.15, -0.1) is 10.2 Å². The Morgan fingerprint density at radius 2 is 1.97 bits per heavy atom. The maximum Gasteiger partial charge on any atom is 0.262 e. The van der Waals surface area contributed by atoms with Gasteiger partial charge in [0.05, 0.1) is 23.4 Å². The lowest BCUT2D eigenvalue weighted by molar-refractivity contribution is 0.567. The van der Waals surface area contributed by atoms with Crippen LogP contribution in [0.5, 0.6) is 0 Å². The third kappa shape index (κ3) is 3.70. The molecule has 0 saturated heterocycles. The molecule has 2 aromatic heterocycles. The Labute approximate surface area is 176 Å². The molecule has 5 rings (SSSR count). The molecule has 0 saturated carbocycles. The van der Waals surface area contributed by atoms with Crippen LogP contribution in [0.3, 0.4) is 0 Å². The number of nitrogens with one attached hydrogen (secondary N) is 2. The molecule has 0 aliphatic carbocycles. The summed E-state index contributed by atoms with van der Waals surface area (Å²) < 4.78 is 32.6. The van der Waals surface area contributed by atoms with Crippen molar-refractivity contribution in [2.24, 2.45) is 4.99 Å². The predicted octanol–water partition coefficient (Wildman–Crippen LogP) is 4.28. The summed E-state index contributed by atoms with van der Waals surface area (Å²) in [5.74, 6) is 0. The van der Waals surface area contributed by atoms with Gasteiger partial charge < -0.3 is 9.73 Å². The van der Waals surface area contributed by atoms with Crippen molar-refractivity contribution in [1.82, 2.24) is 10.2 Å². The largest absolute Gasteiger partial charge is 0.470 e. The quantitative estimate of drug-likeness (QED) is 0.466. The van der Waals surface area contributed by atoms with E-state index < -0.39 is 10.0 Å². The second-order valence-corrected chi connectivity index (χ2v) is 9.23. The third-order valence-electron chi connectivity index (χ3n) is 4.48. The molecule has 150 valence electrons. The molecule has 30 heavy (non-hydrogen) atoms. The number of aliphatic imine (C=N–C) groups is 1. The second-order valence-electron chi connectivity index (χ2n) is 6.57. The van der Waals surface area contributed by atoms with Crippen LogP contribution in [0.2, 0.25) is 0 Å². The van der Waals surface area contributed by atoms with Crippen LogP contribution in [0.1, 0.15) is 11.1 Å². The number of aromatic nitrogens is 2. The standard InChI is InChI=1S/C20H15N5O3S2/c26-30(27,25-17-6-7-28-12-17)18-3-1-2-13(9-18)19-23-24-20(29-19)22-16-5-4-14-10-21-11-15(14)8-16/h1-9,11-12,25H,10H2,(H,22,24). The summed E-state index contributed by atoms with van der Waals surface area (Å²) in [6.07, 6.45) is 4.59. The van der Waals surface area contributed by atoms with Gasteiger partial charge >= 0.3 is 0 Å². The van der Waals surface area contributed by atoms with Crippen LogP contribution in [0, 0.1) is 0 Å². The zero-order valence-corrected chi connectivity index (χ0v) is 17.1. The maximum absolute atomic E-state index is 12.6. The molecule has 1 aliphatic rings. The molecule has 4 aromatic rings. The number of benzene rings is 2. The first-order valence-electron chi connectivity index (χ1n) is 8.96. The van der Waals surface area contributed by atoms with Crippen molar-refractivity contribution in [3.05, 3.63) is 72.2 Å². The highest BCUT2D eigenvalue weighted by Gasteiger charge is 2.17. The number of nitrogens with zero attached hydrogens (tertiary/aromatic N) is 3. The molecule has 10 heteroatoms. The molecule has 2 aromatic carbocycles. The lowest BCUT2D eigenvalue weighted by Crippen LogP contribution is -2.12. The lowest BCUT2D eigenvalue weighted by atomic mass is 10.1. The number of furan rings is 1. The summed E-state index contributed by atoms with van der Waals surface area (Å²) in [4.78, 5) is 4.39. The van der Waals surface area contributed by atoms with E-state index in [0.717, 1.165) is 11.3 Å². The summed E-state index contributed by atoms with van der Waals surface area (Å²) in [5, 5.41) is 12.9. The van der Waals surface area contributed by atoms with Gasteiger partial charge in [0.25, 0.3) is 10.0 Å². The van der Waals surface area contributed by atoms with Crippen molar-refractivity contribution >= 4 is 44.1 Å². The molecule has 0 atom stereocenters. The highest BCUT2D eigenvalue weighted by molar-refractivity contribution is 7.92. The van der Waals surface area contributed by atoms with Crippen molar-refractivity contribution in [3.63, 3.8) is 0 Å². The SMILES string of the molecule is O=S(=O)(Nc1ccoc1)c1cccc(-c2nnc(Nc3ccc4c(c3)C=NC4)s2)c1. The Bertz CT molecular complexity index is 1340. The Hall–Kier alpha value is -3.50. The molecule has 0 bridgehead atoms. The molecule has 0 amide bonds. The number of rotatable bonds is 6. The molecule has 3 heterocycles. The van der Waals surface area contributed by atoms with Crippen LogP contribution in [0.4, 0.5) is 16.5 Å². The minimum absolute atomic E-state index is 0.129. The molecule has 0 unspecified atom stereocenters. The van der Waals surface area contributed by atoms with E-state index >= 15 is 0 Å². The van der Waals surface area contributed by atoms with E-state index in [1.165, 1.54) is 41.6 Å². The number of anilines is 3. The van der Waals surface area contributed by atoms with E-state index in [1.54, 1.807) is 18.2 Å². The van der Waals surface area contributed by atoms with Crippen molar-refractivity contribution in [2.45, 2.75) is 11.4 Å². The first kappa shape index (κ1) is 18.5. The molecule has 0 radical (unpaired) electrons.